The molecular weight excluding hydrogens is 721 g/mol. The number of hydrogen-bond donors (Lipinski definition) is 2. The Balaban J connectivity index is 1.39. The third kappa shape index (κ3) is 7.30. The van der Waals surface area contributed by atoms with Crippen molar-refractivity contribution in [2.24, 2.45) is 0 Å². The maximum Gasteiger partial charge on any atom is 0.598 e. The third-order valence-electron chi connectivity index (χ3n) is 8.52. The van der Waals surface area contributed by atoms with Crippen molar-refractivity contribution in [3.05, 3.63) is 112 Å². The molecule has 4 aromatic rings. The summed E-state index contributed by atoms with van der Waals surface area (Å²) >= 11 is 6.22. The molecule has 0 bridgehead atoms. The zero-order valence-corrected chi connectivity index (χ0v) is 29.5. The highest BCUT2D eigenvalue weighted by molar-refractivity contribution is 7.41. The molecular formula is C35H34ClN3O12P+. The van der Waals surface area contributed by atoms with Gasteiger partial charge >= 0.3 is 19.1 Å². The van der Waals surface area contributed by atoms with Crippen molar-refractivity contribution in [1.82, 2.24) is 9.55 Å². The summed E-state index contributed by atoms with van der Waals surface area (Å²) < 4.78 is 48.4. The van der Waals surface area contributed by atoms with Crippen LogP contribution >= 0.6 is 19.6 Å². The minimum atomic E-state index is -3.18. The molecule has 0 aliphatic carbocycles. The lowest BCUT2D eigenvalue weighted by Gasteiger charge is -2.27. The summed E-state index contributed by atoms with van der Waals surface area (Å²) in [6, 6.07) is 19.4. The van der Waals surface area contributed by atoms with Crippen LogP contribution in [0.5, 0.6) is 17.2 Å². The van der Waals surface area contributed by atoms with Crippen LogP contribution in [-0.4, -0.2) is 82.9 Å². The molecule has 0 radical (unpaired) electrons. The first-order chi connectivity index (χ1) is 25.1. The molecule has 1 aromatic heterocycles. The fourth-order valence-electron chi connectivity index (χ4n) is 5.76. The van der Waals surface area contributed by atoms with Crippen LogP contribution in [0.1, 0.15) is 39.8 Å². The predicted molar refractivity (Wildman–Crippen MR) is 185 cm³/mol. The minimum Gasteiger partial charge on any atom is -0.497 e. The quantitative estimate of drug-likeness (QED) is 0.154. The number of anilines is 1. The van der Waals surface area contributed by atoms with Crippen LogP contribution in [0.3, 0.4) is 0 Å². The number of carbonyl (C=O) groups is 2. The Bertz CT molecular complexity index is 1930. The number of imide groups is 1. The SMILES string of the molecule is COc1ccc(C(=O)N(C(=O)c2ccc(OC)cc2)c2ccn([C@@H]3O[C@H](CO)[C@](O)([P+](=O)Oc4ccccc4Cl)[C@H]3OC3CCCO3)c(=O)n2)cc1. The van der Waals surface area contributed by atoms with Gasteiger partial charge in [0, 0.05) is 30.4 Å². The number of halogens is 1. The molecule has 272 valence electrons. The number of methoxy groups -OCH3 is 2. The first kappa shape index (κ1) is 37.0. The van der Waals surface area contributed by atoms with Crippen LogP contribution in [0, 0.1) is 0 Å². The Labute approximate surface area is 303 Å². The molecule has 15 nitrogen and oxygen atoms in total. The molecule has 3 heterocycles. The first-order valence-corrected chi connectivity index (χ1v) is 17.6. The molecule has 2 amide bonds. The number of amides is 2. The third-order valence-corrected chi connectivity index (χ3v) is 10.3. The molecule has 2 fully saturated rings. The standard InChI is InChI=1S/C35H34ClN3O12P/c1-46-23-13-9-21(10-14-23)31(41)39(32(42)22-11-15-24(47-2)16-12-22)28-17-18-38(34(43)37-28)33-30(50-29-8-5-19-48-29)35(44,27(20-40)49-33)52(45)51-26-7-4-3-6-25(26)36/h3-4,6-7,9-18,27,29-30,33,40,44H,5,8,19-20H2,1-2H3/q+1/t27-,29?,30+,33-,35+/m1/s1. The highest BCUT2D eigenvalue weighted by atomic mass is 35.5. The van der Waals surface area contributed by atoms with Gasteiger partial charge in [-0.2, -0.15) is 4.98 Å². The minimum absolute atomic E-state index is 0.0129. The van der Waals surface area contributed by atoms with Gasteiger partial charge in [0.05, 0.1) is 25.8 Å². The van der Waals surface area contributed by atoms with Crippen molar-refractivity contribution in [1.29, 1.82) is 0 Å². The highest BCUT2D eigenvalue weighted by Gasteiger charge is 2.73. The molecule has 2 aliphatic heterocycles. The molecule has 17 heteroatoms. The van der Waals surface area contributed by atoms with E-state index in [1.807, 2.05) is 0 Å². The molecule has 0 saturated carbocycles. The van der Waals surface area contributed by atoms with Gasteiger partial charge in [-0.3, -0.25) is 18.7 Å². The van der Waals surface area contributed by atoms with Crippen LogP contribution < -0.4 is 24.6 Å². The summed E-state index contributed by atoms with van der Waals surface area (Å²) in [4.78, 5) is 46.5. The van der Waals surface area contributed by atoms with E-state index in [1.165, 1.54) is 62.9 Å². The predicted octanol–water partition coefficient (Wildman–Crippen LogP) is 4.32. The fourth-order valence-corrected chi connectivity index (χ4v) is 7.24. The Morgan fingerprint density at radius 1 is 1.00 bits per heavy atom. The smallest absolute Gasteiger partial charge is 0.497 e. The second-order valence-electron chi connectivity index (χ2n) is 11.6. The van der Waals surface area contributed by atoms with E-state index in [1.54, 1.807) is 36.4 Å². The van der Waals surface area contributed by atoms with Crippen LogP contribution in [-0.2, 0) is 18.8 Å². The number of aromatic nitrogens is 2. The highest BCUT2D eigenvalue weighted by Crippen LogP contribution is 2.54. The van der Waals surface area contributed by atoms with Crippen molar-refractivity contribution in [3.63, 3.8) is 0 Å². The number of aliphatic hydroxyl groups excluding tert-OH is 1. The van der Waals surface area contributed by atoms with Gasteiger partial charge in [0.25, 0.3) is 11.8 Å². The number of benzene rings is 3. The zero-order valence-electron chi connectivity index (χ0n) is 27.9. The van der Waals surface area contributed by atoms with Crippen molar-refractivity contribution in [2.45, 2.75) is 42.9 Å². The van der Waals surface area contributed by atoms with Gasteiger partial charge in [0.1, 0.15) is 17.3 Å². The number of rotatable bonds is 12. The van der Waals surface area contributed by atoms with Gasteiger partial charge in [-0.05, 0) is 77.7 Å². The average Bonchev–Trinajstić information content (AvgIpc) is 3.79. The normalized spacial score (nSPS) is 22.8. The van der Waals surface area contributed by atoms with E-state index in [0.29, 0.717) is 30.9 Å². The Kier molecular flexibility index (Phi) is 11.3. The number of nitrogens with zero attached hydrogens (tertiary/aromatic N) is 3. The lowest BCUT2D eigenvalue weighted by molar-refractivity contribution is -0.188. The molecule has 3 aromatic carbocycles. The Hall–Kier alpha value is -4.73. The Morgan fingerprint density at radius 2 is 1.62 bits per heavy atom. The summed E-state index contributed by atoms with van der Waals surface area (Å²) in [5, 5.41) is 19.9. The van der Waals surface area contributed by atoms with Gasteiger partial charge in [-0.1, -0.05) is 23.7 Å². The van der Waals surface area contributed by atoms with Crippen LogP contribution in [0.15, 0.2) is 89.9 Å². The summed E-state index contributed by atoms with van der Waals surface area (Å²) in [5.74, 6) is -0.995. The number of carbonyl (C=O) groups excluding carboxylic acids is 2. The maximum absolute atomic E-state index is 13.9. The summed E-state index contributed by atoms with van der Waals surface area (Å²) in [7, 11) is -0.245. The molecule has 0 spiro atoms. The fraction of sp³-hybridized carbons (Fsp3) is 0.314. The van der Waals surface area contributed by atoms with Gasteiger partial charge in [0.15, 0.2) is 24.7 Å². The van der Waals surface area contributed by atoms with E-state index in [0.717, 1.165) is 9.47 Å². The van der Waals surface area contributed by atoms with E-state index in [2.05, 4.69) is 4.98 Å². The molecule has 52 heavy (non-hydrogen) atoms. The summed E-state index contributed by atoms with van der Waals surface area (Å²) in [5.41, 5.74) is -0.853. The summed E-state index contributed by atoms with van der Waals surface area (Å²) in [6.07, 6.45) is -3.42. The number of hydrogen-bond acceptors (Lipinski definition) is 13. The molecule has 2 saturated heterocycles. The number of aliphatic hydroxyl groups is 2. The Morgan fingerprint density at radius 3 is 2.13 bits per heavy atom. The van der Waals surface area contributed by atoms with Crippen molar-refractivity contribution in [3.8, 4) is 17.2 Å². The van der Waals surface area contributed by atoms with Crippen molar-refractivity contribution < 1.29 is 52.6 Å². The van der Waals surface area contributed by atoms with Crippen molar-refractivity contribution in [2.75, 3.05) is 32.3 Å². The van der Waals surface area contributed by atoms with E-state index in [9.17, 15) is 29.2 Å². The van der Waals surface area contributed by atoms with Crippen LogP contribution in [0.4, 0.5) is 5.82 Å². The average molecular weight is 755 g/mol. The topological polar surface area (TPSA) is 185 Å². The second-order valence-corrected chi connectivity index (χ2v) is 13.5. The zero-order chi connectivity index (χ0) is 37.0. The monoisotopic (exact) mass is 754 g/mol. The van der Waals surface area contributed by atoms with E-state index in [4.69, 9.17) is 39.8 Å². The first-order valence-electron chi connectivity index (χ1n) is 16.0. The van der Waals surface area contributed by atoms with Crippen LogP contribution in [0.2, 0.25) is 5.02 Å². The number of para-hydroxylation sites is 1. The molecule has 6 rings (SSSR count). The maximum atomic E-state index is 13.9. The molecule has 2 N–H and O–H groups in total. The van der Waals surface area contributed by atoms with Gasteiger partial charge in [-0.25, -0.2) is 9.69 Å². The van der Waals surface area contributed by atoms with Gasteiger partial charge in [0.2, 0.25) is 5.75 Å². The largest absolute Gasteiger partial charge is 0.598 e. The van der Waals surface area contributed by atoms with E-state index < -0.39 is 62.2 Å². The summed E-state index contributed by atoms with van der Waals surface area (Å²) in [6.45, 7) is -0.504. The molecule has 2 unspecified atom stereocenters. The second kappa shape index (κ2) is 15.9. The van der Waals surface area contributed by atoms with Gasteiger partial charge in [-0.15, -0.1) is 0 Å². The van der Waals surface area contributed by atoms with E-state index >= 15 is 0 Å². The van der Waals surface area contributed by atoms with Gasteiger partial charge < -0.3 is 33.9 Å². The lowest BCUT2D eigenvalue weighted by atomic mass is 10.1. The number of ether oxygens (including phenoxy) is 5. The lowest BCUT2D eigenvalue weighted by Crippen LogP contribution is -2.50. The van der Waals surface area contributed by atoms with E-state index in [-0.39, 0.29) is 27.7 Å². The van der Waals surface area contributed by atoms with Crippen molar-refractivity contribution >= 4 is 37.3 Å². The van der Waals surface area contributed by atoms with Crippen LogP contribution in [0.25, 0.3) is 0 Å². The molecule has 2 aliphatic rings. The molecule has 6 atom stereocenters.